The molecular formula is C13H12N6. The lowest BCUT2D eigenvalue weighted by atomic mass is 10.2. The summed E-state index contributed by atoms with van der Waals surface area (Å²) in [6.07, 6.45) is 3.14. The van der Waals surface area contributed by atoms with Crippen molar-refractivity contribution < 1.29 is 0 Å². The smallest absolute Gasteiger partial charge is 0.181 e. The molecule has 0 fully saturated rings. The van der Waals surface area contributed by atoms with Gasteiger partial charge in [-0.15, -0.1) is 5.10 Å². The second-order valence-electron chi connectivity index (χ2n) is 4.15. The molecule has 2 aromatic heterocycles. The highest BCUT2D eigenvalue weighted by atomic mass is 15.4. The summed E-state index contributed by atoms with van der Waals surface area (Å²) in [5.41, 5.74) is 8.17. The van der Waals surface area contributed by atoms with Crippen molar-refractivity contribution in [1.82, 2.24) is 24.7 Å². The Morgan fingerprint density at radius 2 is 1.84 bits per heavy atom. The van der Waals surface area contributed by atoms with Crippen molar-refractivity contribution in [3.8, 4) is 17.2 Å². The van der Waals surface area contributed by atoms with Gasteiger partial charge in [-0.1, -0.05) is 0 Å². The van der Waals surface area contributed by atoms with E-state index in [1.807, 2.05) is 37.3 Å². The van der Waals surface area contributed by atoms with Gasteiger partial charge >= 0.3 is 0 Å². The van der Waals surface area contributed by atoms with Crippen LogP contribution >= 0.6 is 0 Å². The van der Waals surface area contributed by atoms with Crippen molar-refractivity contribution in [3.05, 3.63) is 48.7 Å². The van der Waals surface area contributed by atoms with Crippen molar-refractivity contribution >= 4 is 5.69 Å². The van der Waals surface area contributed by atoms with E-state index in [2.05, 4.69) is 20.1 Å². The van der Waals surface area contributed by atoms with E-state index in [1.54, 1.807) is 11.0 Å². The molecule has 2 N–H and O–H groups in total. The first-order chi connectivity index (χ1) is 9.22. The van der Waals surface area contributed by atoms with Gasteiger partial charge in [0.25, 0.3) is 0 Å². The lowest BCUT2D eigenvalue weighted by Gasteiger charge is -1.99. The van der Waals surface area contributed by atoms with Crippen LogP contribution < -0.4 is 5.73 Å². The van der Waals surface area contributed by atoms with Crippen LogP contribution in [0.15, 0.2) is 43.0 Å². The Morgan fingerprint density at radius 1 is 1.05 bits per heavy atom. The van der Waals surface area contributed by atoms with Crippen LogP contribution in [0.2, 0.25) is 0 Å². The van der Waals surface area contributed by atoms with Gasteiger partial charge in [-0.05, 0) is 31.2 Å². The zero-order chi connectivity index (χ0) is 13.2. The molecule has 0 spiro atoms. The third-order valence-electron chi connectivity index (χ3n) is 2.68. The summed E-state index contributed by atoms with van der Waals surface area (Å²) in [4.78, 5) is 12.5. The second kappa shape index (κ2) is 4.49. The Labute approximate surface area is 110 Å². The fraction of sp³-hybridized carbons (Fsp3) is 0.0769. The van der Waals surface area contributed by atoms with Crippen LogP contribution in [0.1, 0.15) is 5.69 Å². The Morgan fingerprint density at radius 3 is 2.58 bits per heavy atom. The number of anilines is 1. The molecule has 0 aliphatic rings. The molecule has 6 nitrogen and oxygen atoms in total. The Kier molecular flexibility index (Phi) is 2.68. The number of hydrogen-bond donors (Lipinski definition) is 1. The van der Waals surface area contributed by atoms with E-state index in [4.69, 9.17) is 5.73 Å². The van der Waals surface area contributed by atoms with Crippen LogP contribution in [-0.2, 0) is 0 Å². The van der Waals surface area contributed by atoms with Gasteiger partial charge in [0, 0.05) is 23.0 Å². The monoisotopic (exact) mass is 252 g/mol. The maximum atomic E-state index is 5.65. The van der Waals surface area contributed by atoms with Crippen molar-refractivity contribution in [1.29, 1.82) is 0 Å². The summed E-state index contributed by atoms with van der Waals surface area (Å²) < 4.78 is 1.63. The molecule has 0 bridgehead atoms. The largest absolute Gasteiger partial charge is 0.399 e. The molecule has 2 heterocycles. The van der Waals surface area contributed by atoms with Crippen LogP contribution in [0.25, 0.3) is 17.2 Å². The van der Waals surface area contributed by atoms with Crippen LogP contribution in [0.4, 0.5) is 5.69 Å². The molecule has 0 saturated heterocycles. The molecular weight excluding hydrogens is 240 g/mol. The Hall–Kier alpha value is -2.76. The standard InChI is InChI=1S/C13H12N6/c1-9-6-12(16-7-15-9)19-8-17-13(18-19)10-2-4-11(14)5-3-10/h2-8H,14H2,1H3. The van der Waals surface area contributed by atoms with E-state index in [0.717, 1.165) is 16.9 Å². The van der Waals surface area contributed by atoms with Gasteiger partial charge in [-0.3, -0.25) is 0 Å². The number of rotatable bonds is 2. The molecule has 0 aliphatic carbocycles. The molecule has 6 heteroatoms. The first-order valence-electron chi connectivity index (χ1n) is 5.79. The average molecular weight is 252 g/mol. The van der Waals surface area contributed by atoms with Crippen LogP contribution in [-0.4, -0.2) is 24.7 Å². The minimum atomic E-state index is 0.635. The summed E-state index contributed by atoms with van der Waals surface area (Å²) in [5.74, 6) is 1.33. The summed E-state index contributed by atoms with van der Waals surface area (Å²) in [6.45, 7) is 1.91. The number of nitrogens with two attached hydrogens (primary N) is 1. The molecule has 0 aliphatic heterocycles. The molecule has 3 aromatic rings. The summed E-state index contributed by atoms with van der Waals surface area (Å²) >= 11 is 0. The lowest BCUT2D eigenvalue weighted by Crippen LogP contribution is -1.99. The van der Waals surface area contributed by atoms with E-state index in [0.29, 0.717) is 11.6 Å². The van der Waals surface area contributed by atoms with Crippen LogP contribution in [0, 0.1) is 6.92 Å². The SMILES string of the molecule is Cc1cc(-n2cnc(-c3ccc(N)cc3)n2)ncn1. The predicted octanol–water partition coefficient (Wildman–Crippen LogP) is 1.61. The van der Waals surface area contributed by atoms with Crippen molar-refractivity contribution in [2.75, 3.05) is 5.73 Å². The minimum Gasteiger partial charge on any atom is -0.399 e. The first-order valence-corrected chi connectivity index (χ1v) is 5.79. The van der Waals surface area contributed by atoms with Crippen LogP contribution in [0.3, 0.4) is 0 Å². The van der Waals surface area contributed by atoms with Crippen molar-refractivity contribution in [2.24, 2.45) is 0 Å². The zero-order valence-electron chi connectivity index (χ0n) is 10.4. The van der Waals surface area contributed by atoms with E-state index in [-0.39, 0.29) is 0 Å². The van der Waals surface area contributed by atoms with Gasteiger partial charge in [-0.25, -0.2) is 19.6 Å². The zero-order valence-corrected chi connectivity index (χ0v) is 10.4. The number of aromatic nitrogens is 5. The lowest BCUT2D eigenvalue weighted by molar-refractivity contribution is 0.835. The van der Waals surface area contributed by atoms with Crippen LogP contribution in [0.5, 0.6) is 0 Å². The van der Waals surface area contributed by atoms with E-state index >= 15 is 0 Å². The van der Waals surface area contributed by atoms with Gasteiger partial charge in [0.15, 0.2) is 11.6 Å². The van der Waals surface area contributed by atoms with Gasteiger partial charge < -0.3 is 5.73 Å². The number of hydrogen-bond acceptors (Lipinski definition) is 5. The molecule has 0 atom stereocenters. The number of nitrogens with zero attached hydrogens (tertiary/aromatic N) is 5. The molecule has 94 valence electrons. The fourth-order valence-electron chi connectivity index (χ4n) is 1.70. The van der Waals surface area contributed by atoms with E-state index in [9.17, 15) is 0 Å². The van der Waals surface area contributed by atoms with E-state index in [1.165, 1.54) is 6.33 Å². The van der Waals surface area contributed by atoms with Gasteiger partial charge in [0.1, 0.15) is 12.7 Å². The molecule has 0 unspecified atom stereocenters. The normalized spacial score (nSPS) is 10.6. The predicted molar refractivity (Wildman–Crippen MR) is 71.5 cm³/mol. The topological polar surface area (TPSA) is 82.5 Å². The minimum absolute atomic E-state index is 0.635. The molecule has 0 amide bonds. The molecule has 3 rings (SSSR count). The second-order valence-corrected chi connectivity index (χ2v) is 4.15. The third-order valence-corrected chi connectivity index (χ3v) is 2.68. The summed E-state index contributed by atoms with van der Waals surface area (Å²) in [5, 5.41) is 4.40. The summed E-state index contributed by atoms with van der Waals surface area (Å²) in [7, 11) is 0. The summed E-state index contributed by atoms with van der Waals surface area (Å²) in [6, 6.07) is 9.28. The van der Waals surface area contributed by atoms with Crippen molar-refractivity contribution in [2.45, 2.75) is 6.92 Å². The van der Waals surface area contributed by atoms with Crippen molar-refractivity contribution in [3.63, 3.8) is 0 Å². The molecule has 0 saturated carbocycles. The maximum Gasteiger partial charge on any atom is 0.181 e. The number of benzene rings is 1. The Bertz CT molecular complexity index is 701. The first kappa shape index (κ1) is 11.3. The van der Waals surface area contributed by atoms with Gasteiger partial charge in [-0.2, -0.15) is 0 Å². The maximum absolute atomic E-state index is 5.65. The Balaban J connectivity index is 1.97. The molecule has 19 heavy (non-hydrogen) atoms. The number of nitrogen functional groups attached to an aromatic ring is 1. The third kappa shape index (κ3) is 2.28. The fourth-order valence-corrected chi connectivity index (χ4v) is 1.70. The van der Waals surface area contributed by atoms with Gasteiger partial charge in [0.05, 0.1) is 0 Å². The van der Waals surface area contributed by atoms with Gasteiger partial charge in [0.2, 0.25) is 0 Å². The highest BCUT2D eigenvalue weighted by molar-refractivity contribution is 5.58. The highest BCUT2D eigenvalue weighted by Gasteiger charge is 2.06. The molecule has 1 aromatic carbocycles. The molecule has 0 radical (unpaired) electrons. The highest BCUT2D eigenvalue weighted by Crippen LogP contribution is 2.16. The average Bonchev–Trinajstić information content (AvgIpc) is 2.89. The van der Waals surface area contributed by atoms with E-state index < -0.39 is 0 Å². The number of aryl methyl sites for hydroxylation is 1. The quantitative estimate of drug-likeness (QED) is 0.701.